The first-order valence-corrected chi connectivity index (χ1v) is 4.55. The number of ether oxygens (including phenoxy) is 1. The van der Waals surface area contributed by atoms with Gasteiger partial charge in [-0.1, -0.05) is 0 Å². The van der Waals surface area contributed by atoms with E-state index in [-0.39, 0.29) is 5.92 Å². The third-order valence-electron chi connectivity index (χ3n) is 2.60. The molecule has 0 bridgehead atoms. The van der Waals surface area contributed by atoms with Gasteiger partial charge in [-0.2, -0.15) is 0 Å². The van der Waals surface area contributed by atoms with Crippen molar-refractivity contribution >= 4 is 5.97 Å². The smallest absolute Gasteiger partial charge is 0.340 e. The summed E-state index contributed by atoms with van der Waals surface area (Å²) in [5.41, 5.74) is 0. The van der Waals surface area contributed by atoms with Crippen molar-refractivity contribution in [2.75, 3.05) is 27.2 Å². The van der Waals surface area contributed by atoms with E-state index in [1.165, 1.54) is 7.11 Å². The molecule has 0 aliphatic carbocycles. The monoisotopic (exact) mass is 189 g/mol. The molecule has 0 aromatic carbocycles. The minimum Gasteiger partial charge on any atom is -0.467 e. The fourth-order valence-electron chi connectivity index (χ4n) is 1.63. The Morgan fingerprint density at radius 2 is 2.08 bits per heavy atom. The second kappa shape index (κ2) is 4.56. The summed E-state index contributed by atoms with van der Waals surface area (Å²) in [5.74, 6) is -0.877. The molecule has 1 unspecified atom stereocenters. The Balaban J connectivity index is 2.39. The van der Waals surface area contributed by atoms with Crippen LogP contribution in [0.1, 0.15) is 12.8 Å². The number of piperidine rings is 1. The van der Waals surface area contributed by atoms with Gasteiger partial charge in [-0.15, -0.1) is 0 Å². The van der Waals surface area contributed by atoms with Crippen LogP contribution < -0.4 is 0 Å². The van der Waals surface area contributed by atoms with Gasteiger partial charge in [0.25, 0.3) is 0 Å². The van der Waals surface area contributed by atoms with Crippen molar-refractivity contribution in [2.45, 2.75) is 19.0 Å². The summed E-state index contributed by atoms with van der Waals surface area (Å²) in [7, 11) is 3.23. The van der Waals surface area contributed by atoms with E-state index in [9.17, 15) is 9.18 Å². The summed E-state index contributed by atoms with van der Waals surface area (Å²) in [6.07, 6.45) is 0.0539. The van der Waals surface area contributed by atoms with Gasteiger partial charge in [-0.25, -0.2) is 9.18 Å². The van der Waals surface area contributed by atoms with Crippen LogP contribution >= 0.6 is 0 Å². The maximum Gasteiger partial charge on any atom is 0.340 e. The predicted molar refractivity (Wildman–Crippen MR) is 47.1 cm³/mol. The summed E-state index contributed by atoms with van der Waals surface area (Å²) in [5, 5.41) is 0. The minimum absolute atomic E-state index is 0.149. The molecule has 1 aliphatic rings. The molecule has 1 heterocycles. The fourth-order valence-corrected chi connectivity index (χ4v) is 1.63. The molecule has 3 nitrogen and oxygen atoms in total. The number of alkyl halides is 1. The third-order valence-corrected chi connectivity index (χ3v) is 2.60. The van der Waals surface area contributed by atoms with Gasteiger partial charge in [0.05, 0.1) is 7.11 Å². The molecule has 1 rings (SSSR count). The Labute approximate surface area is 77.9 Å². The van der Waals surface area contributed by atoms with Gasteiger partial charge in [0.1, 0.15) is 0 Å². The average Bonchev–Trinajstić information content (AvgIpc) is 2.17. The molecule has 1 fully saturated rings. The quantitative estimate of drug-likeness (QED) is 0.603. The highest BCUT2D eigenvalue weighted by Gasteiger charge is 2.31. The molecular formula is C9H16FNO2. The van der Waals surface area contributed by atoms with Crippen LogP contribution in [0, 0.1) is 5.92 Å². The van der Waals surface area contributed by atoms with Gasteiger partial charge < -0.3 is 9.64 Å². The molecule has 13 heavy (non-hydrogen) atoms. The molecule has 0 aromatic heterocycles. The van der Waals surface area contributed by atoms with E-state index in [2.05, 4.69) is 9.64 Å². The first kappa shape index (κ1) is 10.4. The lowest BCUT2D eigenvalue weighted by Crippen LogP contribution is -2.37. The van der Waals surface area contributed by atoms with E-state index in [1.54, 1.807) is 0 Å². The number of esters is 1. The first-order chi connectivity index (χ1) is 6.15. The summed E-state index contributed by atoms with van der Waals surface area (Å²) >= 11 is 0. The van der Waals surface area contributed by atoms with Crippen molar-refractivity contribution < 1.29 is 13.9 Å². The van der Waals surface area contributed by atoms with Crippen molar-refractivity contribution in [3.63, 3.8) is 0 Å². The first-order valence-electron chi connectivity index (χ1n) is 4.55. The maximum absolute atomic E-state index is 13.3. The zero-order valence-corrected chi connectivity index (χ0v) is 8.12. The fraction of sp³-hybridized carbons (Fsp3) is 0.889. The van der Waals surface area contributed by atoms with E-state index in [0.717, 1.165) is 25.9 Å². The van der Waals surface area contributed by atoms with Gasteiger partial charge in [-0.3, -0.25) is 0 Å². The number of hydrogen-bond acceptors (Lipinski definition) is 3. The van der Waals surface area contributed by atoms with Crippen LogP contribution in [0.3, 0.4) is 0 Å². The second-order valence-electron chi connectivity index (χ2n) is 3.57. The molecule has 1 aliphatic heterocycles. The van der Waals surface area contributed by atoms with Crippen molar-refractivity contribution in [3.8, 4) is 0 Å². The lowest BCUT2D eigenvalue weighted by molar-refractivity contribution is -0.149. The van der Waals surface area contributed by atoms with Gasteiger partial charge in [-0.05, 0) is 33.0 Å². The summed E-state index contributed by atoms with van der Waals surface area (Å²) < 4.78 is 17.7. The number of nitrogens with zero attached hydrogens (tertiary/aromatic N) is 1. The van der Waals surface area contributed by atoms with E-state index < -0.39 is 12.1 Å². The molecule has 76 valence electrons. The van der Waals surface area contributed by atoms with Crippen LogP contribution in [0.4, 0.5) is 4.39 Å². The molecule has 0 radical (unpaired) electrons. The Morgan fingerprint density at radius 1 is 1.54 bits per heavy atom. The van der Waals surface area contributed by atoms with Gasteiger partial charge in [0.15, 0.2) is 6.17 Å². The molecule has 0 amide bonds. The predicted octanol–water partition coefficient (Wildman–Crippen LogP) is 0.839. The summed E-state index contributed by atoms with van der Waals surface area (Å²) in [4.78, 5) is 13.0. The third kappa shape index (κ3) is 2.66. The number of halogens is 1. The van der Waals surface area contributed by atoms with Gasteiger partial charge in [0, 0.05) is 5.92 Å². The van der Waals surface area contributed by atoms with Crippen LogP contribution in [-0.2, 0) is 9.53 Å². The minimum atomic E-state index is -1.43. The van der Waals surface area contributed by atoms with Crippen molar-refractivity contribution in [1.82, 2.24) is 4.90 Å². The number of rotatable bonds is 2. The molecule has 4 heteroatoms. The topological polar surface area (TPSA) is 29.5 Å². The van der Waals surface area contributed by atoms with Gasteiger partial charge >= 0.3 is 5.97 Å². The lowest BCUT2D eigenvalue weighted by Gasteiger charge is -2.29. The van der Waals surface area contributed by atoms with E-state index >= 15 is 0 Å². The SMILES string of the molecule is COC(=O)C(F)C1CCN(C)CC1. The van der Waals surface area contributed by atoms with Crippen LogP contribution in [0.5, 0.6) is 0 Å². The largest absolute Gasteiger partial charge is 0.467 e. The zero-order valence-electron chi connectivity index (χ0n) is 8.12. The molecule has 0 N–H and O–H groups in total. The van der Waals surface area contributed by atoms with Crippen molar-refractivity contribution in [1.29, 1.82) is 0 Å². The van der Waals surface area contributed by atoms with Crippen molar-refractivity contribution in [2.24, 2.45) is 5.92 Å². The average molecular weight is 189 g/mol. The summed E-state index contributed by atoms with van der Waals surface area (Å²) in [6, 6.07) is 0. The molecule has 1 saturated heterocycles. The molecule has 0 saturated carbocycles. The molecule has 1 atom stereocenters. The number of carbonyl (C=O) groups is 1. The number of likely N-dealkylation sites (tertiary alicyclic amines) is 1. The Kier molecular flexibility index (Phi) is 3.66. The molecular weight excluding hydrogens is 173 g/mol. The molecule has 0 spiro atoms. The Morgan fingerprint density at radius 3 is 2.54 bits per heavy atom. The molecule has 0 aromatic rings. The van der Waals surface area contributed by atoms with Crippen LogP contribution in [0.15, 0.2) is 0 Å². The van der Waals surface area contributed by atoms with E-state index in [1.807, 2.05) is 7.05 Å². The maximum atomic E-state index is 13.3. The Hall–Kier alpha value is -0.640. The number of carbonyl (C=O) groups excluding carboxylic acids is 1. The highest BCUT2D eigenvalue weighted by atomic mass is 19.1. The number of hydrogen-bond donors (Lipinski definition) is 0. The lowest BCUT2D eigenvalue weighted by atomic mass is 9.92. The van der Waals surface area contributed by atoms with Crippen LogP contribution in [0.25, 0.3) is 0 Å². The van der Waals surface area contributed by atoms with Crippen LogP contribution in [0.2, 0.25) is 0 Å². The Bertz CT molecular complexity index is 178. The summed E-state index contributed by atoms with van der Waals surface area (Å²) in [6.45, 7) is 1.73. The second-order valence-corrected chi connectivity index (χ2v) is 3.57. The van der Waals surface area contributed by atoms with Crippen LogP contribution in [-0.4, -0.2) is 44.3 Å². The zero-order chi connectivity index (χ0) is 9.84. The van der Waals surface area contributed by atoms with E-state index in [4.69, 9.17) is 0 Å². The standard InChI is InChI=1S/C9H16FNO2/c1-11-5-3-7(4-6-11)8(10)9(12)13-2/h7-8H,3-6H2,1-2H3. The van der Waals surface area contributed by atoms with E-state index in [0.29, 0.717) is 0 Å². The normalized spacial score (nSPS) is 22.7. The highest BCUT2D eigenvalue weighted by molar-refractivity contribution is 5.74. The number of methoxy groups -OCH3 is 1. The van der Waals surface area contributed by atoms with Crippen molar-refractivity contribution in [3.05, 3.63) is 0 Å². The van der Waals surface area contributed by atoms with Gasteiger partial charge in [0.2, 0.25) is 0 Å². The highest BCUT2D eigenvalue weighted by Crippen LogP contribution is 2.22.